The maximum atomic E-state index is 12.1. The Labute approximate surface area is 118 Å². The van der Waals surface area contributed by atoms with Crippen molar-refractivity contribution in [2.24, 2.45) is 0 Å². The van der Waals surface area contributed by atoms with Gasteiger partial charge >= 0.3 is 0 Å². The van der Waals surface area contributed by atoms with E-state index in [2.05, 4.69) is 15.3 Å². The number of aryl methyl sites for hydroxylation is 1. The highest BCUT2D eigenvalue weighted by molar-refractivity contribution is 7.91. The number of hydrogen-bond donors (Lipinski definition) is 1. The number of carbonyl (C=O) groups is 1. The first-order chi connectivity index (χ1) is 9.27. The lowest BCUT2D eigenvalue weighted by atomic mass is 10.2. The molecule has 7 nitrogen and oxygen atoms in total. The monoisotopic (exact) mass is 298 g/mol. The maximum absolute atomic E-state index is 12.1. The van der Waals surface area contributed by atoms with E-state index < -0.39 is 9.84 Å². The normalized spacial score (nSPS) is 20.6. The Bertz CT molecular complexity index is 628. The molecule has 1 amide bonds. The van der Waals surface area contributed by atoms with Crippen LogP contribution in [-0.2, 0) is 9.84 Å². The summed E-state index contributed by atoms with van der Waals surface area (Å²) >= 11 is 0. The van der Waals surface area contributed by atoms with Crippen molar-refractivity contribution in [3.63, 3.8) is 0 Å². The number of carbonyl (C=O) groups excluding carboxylic acids is 1. The van der Waals surface area contributed by atoms with Crippen LogP contribution >= 0.6 is 0 Å². The molecule has 1 saturated heterocycles. The van der Waals surface area contributed by atoms with Crippen molar-refractivity contribution >= 4 is 21.7 Å². The van der Waals surface area contributed by atoms with E-state index in [1.807, 2.05) is 0 Å². The van der Waals surface area contributed by atoms with Gasteiger partial charge < -0.3 is 10.2 Å². The number of rotatable bonds is 3. The molecule has 8 heteroatoms. The predicted molar refractivity (Wildman–Crippen MR) is 75.6 cm³/mol. The summed E-state index contributed by atoms with van der Waals surface area (Å²) in [7, 11) is 0.575. The predicted octanol–water partition coefficient (Wildman–Crippen LogP) is -0.232. The van der Waals surface area contributed by atoms with Gasteiger partial charge in [-0.2, -0.15) is 0 Å². The number of amides is 1. The van der Waals surface area contributed by atoms with E-state index in [-0.39, 0.29) is 29.1 Å². The third-order valence-corrected chi connectivity index (χ3v) is 4.81. The van der Waals surface area contributed by atoms with Crippen molar-refractivity contribution in [1.29, 1.82) is 0 Å². The summed E-state index contributed by atoms with van der Waals surface area (Å²) in [6.07, 6.45) is 0.457. The smallest absolute Gasteiger partial charge is 0.270 e. The second-order valence-electron chi connectivity index (χ2n) is 5.16. The minimum Gasteiger partial charge on any atom is -0.347 e. The molecule has 2 heterocycles. The first-order valence-corrected chi connectivity index (χ1v) is 8.13. The Balaban J connectivity index is 2.13. The molecule has 1 aromatic heterocycles. The molecule has 0 radical (unpaired) electrons. The second-order valence-corrected chi connectivity index (χ2v) is 7.39. The average Bonchev–Trinajstić information content (AvgIpc) is 2.67. The molecule has 20 heavy (non-hydrogen) atoms. The van der Waals surface area contributed by atoms with Gasteiger partial charge in [0, 0.05) is 25.8 Å². The van der Waals surface area contributed by atoms with Crippen LogP contribution in [0, 0.1) is 6.92 Å². The van der Waals surface area contributed by atoms with Gasteiger partial charge in [0.2, 0.25) is 5.95 Å². The molecule has 0 saturated carbocycles. The summed E-state index contributed by atoms with van der Waals surface area (Å²) in [6.45, 7) is 1.78. The number of nitrogens with zero attached hydrogens (tertiary/aromatic N) is 3. The zero-order valence-electron chi connectivity index (χ0n) is 11.8. The Morgan fingerprint density at radius 3 is 2.65 bits per heavy atom. The van der Waals surface area contributed by atoms with Gasteiger partial charge in [0.25, 0.3) is 5.91 Å². The highest BCUT2D eigenvalue weighted by atomic mass is 32.2. The van der Waals surface area contributed by atoms with Crippen LogP contribution in [0.25, 0.3) is 0 Å². The molecular formula is C12H18N4O3S. The van der Waals surface area contributed by atoms with E-state index in [0.717, 1.165) is 0 Å². The van der Waals surface area contributed by atoms with Gasteiger partial charge in [-0.1, -0.05) is 0 Å². The van der Waals surface area contributed by atoms with Crippen LogP contribution < -0.4 is 10.2 Å². The van der Waals surface area contributed by atoms with E-state index in [4.69, 9.17) is 0 Å². The van der Waals surface area contributed by atoms with Crippen LogP contribution in [0.3, 0.4) is 0 Å². The van der Waals surface area contributed by atoms with Gasteiger partial charge in [-0.05, 0) is 19.4 Å². The van der Waals surface area contributed by atoms with Gasteiger partial charge in [0.1, 0.15) is 5.69 Å². The van der Waals surface area contributed by atoms with Crippen LogP contribution in [0.15, 0.2) is 6.07 Å². The molecule has 110 valence electrons. The Hall–Kier alpha value is -1.70. The second kappa shape index (κ2) is 5.35. The summed E-state index contributed by atoms with van der Waals surface area (Å²) in [5.74, 6) is 0.224. The van der Waals surface area contributed by atoms with Crippen molar-refractivity contribution in [3.05, 3.63) is 17.5 Å². The Morgan fingerprint density at radius 1 is 1.40 bits per heavy atom. The zero-order valence-corrected chi connectivity index (χ0v) is 12.6. The SMILES string of the molecule is Cc1cc(C(=O)NC2CCS(=O)(=O)C2)nc(N(C)C)n1. The highest BCUT2D eigenvalue weighted by Crippen LogP contribution is 2.13. The lowest BCUT2D eigenvalue weighted by Crippen LogP contribution is -2.36. The van der Waals surface area contributed by atoms with E-state index in [9.17, 15) is 13.2 Å². The van der Waals surface area contributed by atoms with Crippen LogP contribution in [0.4, 0.5) is 5.95 Å². The fourth-order valence-corrected chi connectivity index (χ4v) is 3.71. The molecule has 0 aliphatic carbocycles. The number of sulfone groups is 1. The van der Waals surface area contributed by atoms with Crippen molar-refractivity contribution in [2.75, 3.05) is 30.5 Å². The molecule has 1 fully saturated rings. The number of anilines is 1. The summed E-state index contributed by atoms with van der Waals surface area (Å²) in [5.41, 5.74) is 0.943. The van der Waals surface area contributed by atoms with Gasteiger partial charge in [-0.15, -0.1) is 0 Å². The molecule has 1 aliphatic heterocycles. The standard InChI is InChI=1S/C12H18N4O3S/c1-8-6-10(15-12(13-8)16(2)3)11(17)14-9-4-5-20(18,19)7-9/h6,9H,4-5,7H2,1-3H3,(H,14,17). The molecule has 1 aliphatic rings. The summed E-state index contributed by atoms with van der Waals surface area (Å²) in [6, 6.07) is 1.26. The molecule has 2 rings (SSSR count). The van der Waals surface area contributed by atoms with Crippen molar-refractivity contribution < 1.29 is 13.2 Å². The quantitative estimate of drug-likeness (QED) is 0.828. The number of hydrogen-bond acceptors (Lipinski definition) is 6. The van der Waals surface area contributed by atoms with Crippen molar-refractivity contribution in [3.8, 4) is 0 Å². The van der Waals surface area contributed by atoms with Gasteiger partial charge in [-0.25, -0.2) is 18.4 Å². The average molecular weight is 298 g/mol. The summed E-state index contributed by atoms with van der Waals surface area (Å²) < 4.78 is 22.7. The first-order valence-electron chi connectivity index (χ1n) is 6.31. The molecule has 1 atom stereocenters. The third-order valence-electron chi connectivity index (χ3n) is 3.04. The van der Waals surface area contributed by atoms with Gasteiger partial charge in [-0.3, -0.25) is 4.79 Å². The van der Waals surface area contributed by atoms with Crippen LogP contribution in [0.1, 0.15) is 22.6 Å². The molecule has 0 aromatic carbocycles. The molecular weight excluding hydrogens is 280 g/mol. The van der Waals surface area contributed by atoms with E-state index >= 15 is 0 Å². The molecule has 1 aromatic rings. The third kappa shape index (κ3) is 3.44. The topological polar surface area (TPSA) is 92.3 Å². The summed E-state index contributed by atoms with van der Waals surface area (Å²) in [5, 5.41) is 2.72. The summed E-state index contributed by atoms with van der Waals surface area (Å²) in [4.78, 5) is 22.2. The van der Waals surface area contributed by atoms with Crippen LogP contribution in [0.2, 0.25) is 0 Å². The Morgan fingerprint density at radius 2 is 2.10 bits per heavy atom. The lowest BCUT2D eigenvalue weighted by molar-refractivity contribution is 0.0936. The minimum absolute atomic E-state index is 0.00332. The molecule has 0 spiro atoms. The van der Waals surface area contributed by atoms with E-state index in [1.54, 1.807) is 32.0 Å². The molecule has 1 N–H and O–H groups in total. The van der Waals surface area contributed by atoms with Gasteiger partial charge in [0.15, 0.2) is 9.84 Å². The van der Waals surface area contributed by atoms with E-state index in [1.165, 1.54) is 0 Å². The fourth-order valence-electron chi connectivity index (χ4n) is 2.04. The van der Waals surface area contributed by atoms with Crippen molar-refractivity contribution in [2.45, 2.75) is 19.4 Å². The van der Waals surface area contributed by atoms with Crippen LogP contribution in [0.5, 0.6) is 0 Å². The van der Waals surface area contributed by atoms with Gasteiger partial charge in [0.05, 0.1) is 11.5 Å². The lowest BCUT2D eigenvalue weighted by Gasteiger charge is -2.14. The maximum Gasteiger partial charge on any atom is 0.270 e. The van der Waals surface area contributed by atoms with Crippen molar-refractivity contribution in [1.82, 2.24) is 15.3 Å². The Kier molecular flexibility index (Phi) is 3.94. The molecule has 1 unspecified atom stereocenters. The highest BCUT2D eigenvalue weighted by Gasteiger charge is 2.29. The number of nitrogens with one attached hydrogen (secondary N) is 1. The fraction of sp³-hybridized carbons (Fsp3) is 0.583. The van der Waals surface area contributed by atoms with E-state index in [0.29, 0.717) is 18.1 Å². The van der Waals surface area contributed by atoms with Crippen LogP contribution in [-0.4, -0.2) is 55.9 Å². The first kappa shape index (κ1) is 14.7. The largest absolute Gasteiger partial charge is 0.347 e. The zero-order chi connectivity index (χ0) is 14.9. The minimum atomic E-state index is -3.01. The molecule has 0 bridgehead atoms. The number of aromatic nitrogens is 2.